The lowest BCUT2D eigenvalue weighted by molar-refractivity contribution is -0.137. The third-order valence-corrected chi connectivity index (χ3v) is 3.67. The summed E-state index contributed by atoms with van der Waals surface area (Å²) >= 11 is 0. The number of aliphatic carboxylic acids is 2. The molecule has 0 saturated carbocycles. The second kappa shape index (κ2) is 6.34. The Morgan fingerprint density at radius 2 is 1.18 bits per heavy atom. The van der Waals surface area contributed by atoms with Crippen molar-refractivity contribution in [3.8, 4) is 0 Å². The van der Waals surface area contributed by atoms with Gasteiger partial charge in [0, 0.05) is 11.8 Å². The van der Waals surface area contributed by atoms with E-state index in [0.717, 1.165) is 0 Å². The third kappa shape index (κ3) is 3.11. The summed E-state index contributed by atoms with van der Waals surface area (Å²) in [6.45, 7) is 0. The summed E-state index contributed by atoms with van der Waals surface area (Å²) in [4.78, 5) is 45.8. The van der Waals surface area contributed by atoms with E-state index in [1.165, 1.54) is 24.3 Å². The molecule has 114 valence electrons. The minimum Gasteiger partial charge on any atom is -0.478 e. The van der Waals surface area contributed by atoms with Crippen LogP contribution in [0.3, 0.4) is 0 Å². The number of allylic oxidation sites excluding steroid dienone is 6. The van der Waals surface area contributed by atoms with Crippen molar-refractivity contribution in [3.05, 3.63) is 47.6 Å². The number of hydrogen-bond acceptors (Lipinski definition) is 4. The Kier molecular flexibility index (Phi) is 4.50. The number of carboxylic acid groups (broad SMARTS) is 2. The van der Waals surface area contributed by atoms with Gasteiger partial charge in [-0.2, -0.15) is 0 Å². The topological polar surface area (TPSA) is 109 Å². The molecular weight excluding hydrogens is 288 g/mol. The number of Topliss-reactive ketones (excluding diaryl/α,β-unsaturated/α-hetero) is 2. The van der Waals surface area contributed by atoms with E-state index in [2.05, 4.69) is 0 Å². The molecule has 0 bridgehead atoms. The highest BCUT2D eigenvalue weighted by atomic mass is 16.4. The van der Waals surface area contributed by atoms with Gasteiger partial charge in [-0.15, -0.1) is 0 Å². The van der Waals surface area contributed by atoms with Crippen LogP contribution >= 0.6 is 0 Å². The molecule has 0 amide bonds. The number of hydrogen-bond donors (Lipinski definition) is 2. The highest BCUT2D eigenvalue weighted by Crippen LogP contribution is 2.25. The summed E-state index contributed by atoms with van der Waals surface area (Å²) in [5, 5.41) is 17.8. The molecule has 0 heterocycles. The minimum atomic E-state index is -1.27. The molecule has 22 heavy (non-hydrogen) atoms. The zero-order valence-corrected chi connectivity index (χ0v) is 11.6. The van der Waals surface area contributed by atoms with Crippen molar-refractivity contribution < 1.29 is 29.4 Å². The van der Waals surface area contributed by atoms with Crippen molar-refractivity contribution in [2.75, 3.05) is 0 Å². The molecule has 0 fully saturated rings. The lowest BCUT2D eigenvalue weighted by Gasteiger charge is -2.19. The standard InChI is InChI=1S/C16H14O6/c17-13-9(3-1-5-11(13)15(19)20)7-8-10-4-2-6-12(14(10)18)16(21)22/h1-6,9-10H,7-8H2,(H,19,20)(H,21,22). The first kappa shape index (κ1) is 15.6. The molecule has 2 atom stereocenters. The Morgan fingerprint density at radius 1 is 0.818 bits per heavy atom. The third-order valence-electron chi connectivity index (χ3n) is 3.67. The summed E-state index contributed by atoms with van der Waals surface area (Å²) in [7, 11) is 0. The smallest absolute Gasteiger partial charge is 0.339 e. The van der Waals surface area contributed by atoms with Crippen molar-refractivity contribution >= 4 is 23.5 Å². The van der Waals surface area contributed by atoms with Crippen LogP contribution < -0.4 is 0 Å². The molecule has 0 radical (unpaired) electrons. The molecular formula is C16H14O6. The summed E-state index contributed by atoms with van der Waals surface area (Å²) in [5.74, 6) is -4.73. The molecule has 2 rings (SSSR count). The SMILES string of the molecule is O=C(O)C1=CC=CC(CCC2C=CC=C(C(=O)O)C2=O)C1=O. The molecule has 2 aliphatic rings. The van der Waals surface area contributed by atoms with Gasteiger partial charge in [0.05, 0.1) is 0 Å². The number of carboxylic acids is 2. The number of carbonyl (C=O) groups excluding carboxylic acids is 2. The summed E-state index contributed by atoms with van der Waals surface area (Å²) < 4.78 is 0. The molecule has 0 saturated heterocycles. The lowest BCUT2D eigenvalue weighted by atomic mass is 9.83. The van der Waals surface area contributed by atoms with Crippen LogP contribution in [-0.2, 0) is 19.2 Å². The Bertz CT molecular complexity index is 604. The Balaban J connectivity index is 2.00. The highest BCUT2D eigenvalue weighted by Gasteiger charge is 2.30. The van der Waals surface area contributed by atoms with Gasteiger partial charge in [-0.25, -0.2) is 9.59 Å². The van der Waals surface area contributed by atoms with Crippen LogP contribution in [0.5, 0.6) is 0 Å². The molecule has 6 nitrogen and oxygen atoms in total. The summed E-state index contributed by atoms with van der Waals surface area (Å²) in [6.07, 6.45) is 9.28. The van der Waals surface area contributed by atoms with Gasteiger partial charge >= 0.3 is 11.9 Å². The highest BCUT2D eigenvalue weighted by molar-refractivity contribution is 6.19. The van der Waals surface area contributed by atoms with Gasteiger partial charge in [0.2, 0.25) is 0 Å². The maximum Gasteiger partial charge on any atom is 0.339 e. The zero-order chi connectivity index (χ0) is 16.3. The molecule has 0 aliphatic heterocycles. The Morgan fingerprint density at radius 3 is 1.50 bits per heavy atom. The van der Waals surface area contributed by atoms with Gasteiger partial charge in [0.15, 0.2) is 11.6 Å². The second-order valence-electron chi connectivity index (χ2n) is 5.06. The van der Waals surface area contributed by atoms with E-state index < -0.39 is 35.3 Å². The number of ketones is 2. The maximum absolute atomic E-state index is 12.0. The van der Waals surface area contributed by atoms with Crippen molar-refractivity contribution in [1.29, 1.82) is 0 Å². The molecule has 0 aromatic carbocycles. The van der Waals surface area contributed by atoms with E-state index >= 15 is 0 Å². The monoisotopic (exact) mass is 302 g/mol. The van der Waals surface area contributed by atoms with Gasteiger partial charge in [-0.05, 0) is 25.0 Å². The molecule has 0 aromatic heterocycles. The Labute approximate surface area is 126 Å². The van der Waals surface area contributed by atoms with Crippen LogP contribution in [-0.4, -0.2) is 33.7 Å². The maximum atomic E-state index is 12.0. The average Bonchev–Trinajstić information content (AvgIpc) is 2.46. The van der Waals surface area contributed by atoms with Gasteiger partial charge in [-0.3, -0.25) is 9.59 Å². The summed E-state index contributed by atoms with van der Waals surface area (Å²) in [5.41, 5.74) is -0.548. The quantitative estimate of drug-likeness (QED) is 0.741. The molecule has 0 aromatic rings. The fourth-order valence-electron chi connectivity index (χ4n) is 2.48. The van der Waals surface area contributed by atoms with E-state index in [1.807, 2.05) is 0 Å². The van der Waals surface area contributed by atoms with Gasteiger partial charge in [0.1, 0.15) is 11.1 Å². The predicted octanol–water partition coefficient (Wildman–Crippen LogP) is 1.30. The van der Waals surface area contributed by atoms with Crippen LogP contribution in [0.4, 0.5) is 0 Å². The van der Waals surface area contributed by atoms with E-state index in [9.17, 15) is 19.2 Å². The van der Waals surface area contributed by atoms with Gasteiger partial charge < -0.3 is 10.2 Å². The van der Waals surface area contributed by atoms with E-state index in [1.54, 1.807) is 12.2 Å². The molecule has 2 aliphatic carbocycles. The van der Waals surface area contributed by atoms with Crippen molar-refractivity contribution in [1.82, 2.24) is 0 Å². The molecule has 2 unspecified atom stereocenters. The first-order chi connectivity index (χ1) is 10.4. The van der Waals surface area contributed by atoms with E-state index in [4.69, 9.17) is 10.2 Å². The fraction of sp³-hybridized carbons (Fsp3) is 0.250. The van der Waals surface area contributed by atoms with E-state index in [0.29, 0.717) is 0 Å². The lowest BCUT2D eigenvalue weighted by Crippen LogP contribution is -2.25. The molecule has 6 heteroatoms. The molecule has 0 spiro atoms. The second-order valence-corrected chi connectivity index (χ2v) is 5.06. The van der Waals surface area contributed by atoms with Crippen LogP contribution in [0.25, 0.3) is 0 Å². The normalized spacial score (nSPS) is 24.0. The average molecular weight is 302 g/mol. The van der Waals surface area contributed by atoms with Crippen molar-refractivity contribution in [2.24, 2.45) is 11.8 Å². The van der Waals surface area contributed by atoms with Crippen molar-refractivity contribution in [3.63, 3.8) is 0 Å². The van der Waals surface area contributed by atoms with Crippen LogP contribution in [0.15, 0.2) is 47.6 Å². The fourth-order valence-corrected chi connectivity index (χ4v) is 2.48. The summed E-state index contributed by atoms with van der Waals surface area (Å²) in [6, 6.07) is 0. The number of rotatable bonds is 5. The van der Waals surface area contributed by atoms with Crippen LogP contribution in [0.2, 0.25) is 0 Å². The first-order valence-corrected chi connectivity index (χ1v) is 6.73. The van der Waals surface area contributed by atoms with E-state index in [-0.39, 0.29) is 24.0 Å². The van der Waals surface area contributed by atoms with Gasteiger partial charge in [0.25, 0.3) is 0 Å². The first-order valence-electron chi connectivity index (χ1n) is 6.73. The predicted molar refractivity (Wildman–Crippen MR) is 75.9 cm³/mol. The molecule has 2 N–H and O–H groups in total. The minimum absolute atomic E-state index is 0.274. The Hall–Kier alpha value is -2.76. The largest absolute Gasteiger partial charge is 0.478 e. The van der Waals surface area contributed by atoms with Crippen LogP contribution in [0, 0.1) is 11.8 Å². The van der Waals surface area contributed by atoms with Crippen molar-refractivity contribution in [2.45, 2.75) is 12.8 Å². The van der Waals surface area contributed by atoms with Crippen LogP contribution in [0.1, 0.15) is 12.8 Å². The van der Waals surface area contributed by atoms with Gasteiger partial charge in [-0.1, -0.05) is 24.3 Å². The number of carbonyl (C=O) groups is 4. The zero-order valence-electron chi connectivity index (χ0n) is 11.6.